The van der Waals surface area contributed by atoms with E-state index in [0.717, 1.165) is 50.5 Å². The van der Waals surface area contributed by atoms with Crippen molar-refractivity contribution in [2.45, 2.75) is 33.4 Å². The van der Waals surface area contributed by atoms with Crippen molar-refractivity contribution in [1.82, 2.24) is 24.6 Å². The molecule has 0 unspecified atom stereocenters. The highest BCUT2D eigenvalue weighted by molar-refractivity contribution is 6.31. The zero-order chi connectivity index (χ0) is 17.8. The normalized spacial score (nSPS) is 16.0. The van der Waals surface area contributed by atoms with Gasteiger partial charge in [-0.25, -0.2) is 0 Å². The van der Waals surface area contributed by atoms with E-state index in [1.54, 1.807) is 4.68 Å². The molecule has 1 aliphatic rings. The van der Waals surface area contributed by atoms with E-state index in [-0.39, 0.29) is 12.5 Å². The van der Waals surface area contributed by atoms with Crippen molar-refractivity contribution in [3.05, 3.63) is 46.5 Å². The second-order valence-corrected chi connectivity index (χ2v) is 6.89. The second kappa shape index (κ2) is 7.97. The number of carbonyl (C=O) groups excluding carboxylic acids is 1. The summed E-state index contributed by atoms with van der Waals surface area (Å²) in [5, 5.41) is 5.01. The maximum atomic E-state index is 12.7. The Morgan fingerprint density at radius 1 is 1.16 bits per heavy atom. The molecular weight excluding hydrogens is 338 g/mol. The summed E-state index contributed by atoms with van der Waals surface area (Å²) in [6, 6.07) is 4.08. The Balaban J connectivity index is 1.57. The first-order chi connectivity index (χ1) is 12.0. The number of hydrogen-bond donors (Lipinski definition) is 0. The highest BCUT2D eigenvalue weighted by atomic mass is 35.5. The Kier molecular flexibility index (Phi) is 5.71. The van der Waals surface area contributed by atoms with Gasteiger partial charge in [-0.2, -0.15) is 5.10 Å². The summed E-state index contributed by atoms with van der Waals surface area (Å²) in [6.07, 6.45) is 4.62. The maximum absolute atomic E-state index is 12.7. The Bertz CT molecular complexity index is 731. The van der Waals surface area contributed by atoms with E-state index in [1.165, 1.54) is 5.56 Å². The first-order valence-electron chi connectivity index (χ1n) is 8.63. The molecule has 0 spiro atoms. The Morgan fingerprint density at radius 2 is 1.92 bits per heavy atom. The first-order valence-corrected chi connectivity index (χ1v) is 9.01. The monoisotopic (exact) mass is 361 g/mol. The highest BCUT2D eigenvalue weighted by Gasteiger charge is 2.21. The van der Waals surface area contributed by atoms with Crippen LogP contribution in [-0.4, -0.2) is 56.7 Å². The van der Waals surface area contributed by atoms with Gasteiger partial charge >= 0.3 is 0 Å². The molecule has 0 bridgehead atoms. The Hall–Kier alpha value is -1.92. The van der Waals surface area contributed by atoms with E-state index in [9.17, 15) is 4.79 Å². The number of nitrogens with zero attached hydrogens (tertiary/aromatic N) is 5. The lowest BCUT2D eigenvalue weighted by Crippen LogP contribution is -2.37. The molecule has 1 aliphatic heterocycles. The molecule has 0 N–H and O–H groups in total. The Labute approximate surface area is 153 Å². The number of aromatic nitrogens is 3. The van der Waals surface area contributed by atoms with Crippen molar-refractivity contribution in [1.29, 1.82) is 0 Å². The van der Waals surface area contributed by atoms with E-state index in [4.69, 9.17) is 11.6 Å². The van der Waals surface area contributed by atoms with Crippen molar-refractivity contribution >= 4 is 17.5 Å². The summed E-state index contributed by atoms with van der Waals surface area (Å²) in [6.45, 7) is 8.33. The predicted octanol–water partition coefficient (Wildman–Crippen LogP) is 2.28. The third kappa shape index (κ3) is 4.38. The molecule has 7 heteroatoms. The zero-order valence-electron chi connectivity index (χ0n) is 14.8. The largest absolute Gasteiger partial charge is 0.340 e. The van der Waals surface area contributed by atoms with Crippen molar-refractivity contribution in [2.75, 3.05) is 26.2 Å². The molecule has 1 amide bonds. The second-order valence-electron chi connectivity index (χ2n) is 6.51. The standard InChI is InChI=1S/C18H24ClN5O/c1-14-18(19)15(2)24(21-14)13-17(25)23-9-3-8-22(10-11-23)12-16-4-6-20-7-5-16/h4-7H,3,8-13H2,1-2H3. The van der Waals surface area contributed by atoms with Crippen molar-refractivity contribution in [3.8, 4) is 0 Å². The predicted molar refractivity (Wildman–Crippen MR) is 97.4 cm³/mol. The minimum atomic E-state index is 0.105. The van der Waals surface area contributed by atoms with Crippen molar-refractivity contribution in [2.24, 2.45) is 0 Å². The molecule has 0 atom stereocenters. The van der Waals surface area contributed by atoms with Crippen LogP contribution < -0.4 is 0 Å². The Morgan fingerprint density at radius 3 is 2.60 bits per heavy atom. The van der Waals surface area contributed by atoms with E-state index < -0.39 is 0 Å². The summed E-state index contributed by atoms with van der Waals surface area (Å²) in [5.41, 5.74) is 2.88. The molecular formula is C18H24ClN5O. The fourth-order valence-electron chi connectivity index (χ4n) is 3.18. The minimum Gasteiger partial charge on any atom is -0.340 e. The average molecular weight is 362 g/mol. The van der Waals surface area contributed by atoms with Gasteiger partial charge in [0.15, 0.2) is 0 Å². The summed E-state index contributed by atoms with van der Waals surface area (Å²) in [4.78, 5) is 21.0. The van der Waals surface area contributed by atoms with E-state index in [1.807, 2.05) is 43.3 Å². The molecule has 6 nitrogen and oxygen atoms in total. The van der Waals surface area contributed by atoms with Crippen LogP contribution in [0.25, 0.3) is 0 Å². The van der Waals surface area contributed by atoms with Crippen LogP contribution in [0.4, 0.5) is 0 Å². The lowest BCUT2D eigenvalue weighted by atomic mass is 10.2. The van der Waals surface area contributed by atoms with Gasteiger partial charge in [-0.15, -0.1) is 0 Å². The molecule has 0 aliphatic carbocycles. The van der Waals surface area contributed by atoms with Crippen LogP contribution in [0.5, 0.6) is 0 Å². The fraction of sp³-hybridized carbons (Fsp3) is 0.500. The van der Waals surface area contributed by atoms with Gasteiger partial charge in [0, 0.05) is 45.1 Å². The van der Waals surface area contributed by atoms with Gasteiger partial charge in [0.05, 0.1) is 16.4 Å². The van der Waals surface area contributed by atoms with Gasteiger partial charge in [0.1, 0.15) is 6.54 Å². The van der Waals surface area contributed by atoms with Gasteiger partial charge in [0.2, 0.25) is 5.91 Å². The quantitative estimate of drug-likeness (QED) is 0.838. The summed E-state index contributed by atoms with van der Waals surface area (Å²) < 4.78 is 1.71. The number of aryl methyl sites for hydroxylation is 1. The molecule has 25 heavy (non-hydrogen) atoms. The molecule has 1 fully saturated rings. The number of pyridine rings is 1. The van der Waals surface area contributed by atoms with Gasteiger partial charge in [-0.3, -0.25) is 19.4 Å². The van der Waals surface area contributed by atoms with Crippen LogP contribution in [0.1, 0.15) is 23.4 Å². The molecule has 2 aromatic heterocycles. The molecule has 3 rings (SSSR count). The molecule has 134 valence electrons. The van der Waals surface area contributed by atoms with Crippen LogP contribution in [0.2, 0.25) is 5.02 Å². The average Bonchev–Trinajstić information content (AvgIpc) is 2.80. The molecule has 2 aromatic rings. The zero-order valence-corrected chi connectivity index (χ0v) is 15.5. The van der Waals surface area contributed by atoms with Gasteiger partial charge in [0.25, 0.3) is 0 Å². The molecule has 3 heterocycles. The van der Waals surface area contributed by atoms with Crippen LogP contribution in [0.15, 0.2) is 24.5 Å². The minimum absolute atomic E-state index is 0.105. The summed E-state index contributed by atoms with van der Waals surface area (Å²) in [7, 11) is 0. The number of carbonyl (C=O) groups is 1. The topological polar surface area (TPSA) is 54.3 Å². The van der Waals surface area contributed by atoms with E-state index in [2.05, 4.69) is 15.0 Å². The van der Waals surface area contributed by atoms with Crippen LogP contribution in [0, 0.1) is 13.8 Å². The lowest BCUT2D eigenvalue weighted by molar-refractivity contribution is -0.131. The summed E-state index contributed by atoms with van der Waals surface area (Å²) >= 11 is 6.17. The third-order valence-corrected chi connectivity index (χ3v) is 5.22. The van der Waals surface area contributed by atoms with E-state index >= 15 is 0 Å². The molecule has 1 saturated heterocycles. The van der Waals surface area contributed by atoms with E-state index in [0.29, 0.717) is 5.02 Å². The smallest absolute Gasteiger partial charge is 0.244 e. The fourth-order valence-corrected chi connectivity index (χ4v) is 3.32. The van der Waals surface area contributed by atoms with Gasteiger partial charge < -0.3 is 4.90 Å². The van der Waals surface area contributed by atoms with Crippen molar-refractivity contribution in [3.63, 3.8) is 0 Å². The number of hydrogen-bond acceptors (Lipinski definition) is 4. The van der Waals surface area contributed by atoms with Crippen molar-refractivity contribution < 1.29 is 4.79 Å². The highest BCUT2D eigenvalue weighted by Crippen LogP contribution is 2.19. The third-order valence-electron chi connectivity index (χ3n) is 4.67. The van der Waals surface area contributed by atoms with Crippen LogP contribution in [-0.2, 0) is 17.9 Å². The molecule has 0 radical (unpaired) electrons. The molecule has 0 saturated carbocycles. The number of rotatable bonds is 4. The van der Waals surface area contributed by atoms with Crippen LogP contribution >= 0.6 is 11.6 Å². The van der Waals surface area contributed by atoms with Crippen LogP contribution in [0.3, 0.4) is 0 Å². The summed E-state index contributed by atoms with van der Waals surface area (Å²) in [5.74, 6) is 0.105. The molecule has 0 aromatic carbocycles. The first kappa shape index (κ1) is 17.9. The van der Waals surface area contributed by atoms with Gasteiger partial charge in [-0.1, -0.05) is 11.6 Å². The number of amides is 1. The SMILES string of the molecule is Cc1nn(CC(=O)N2CCCN(Cc3ccncc3)CC2)c(C)c1Cl. The number of halogens is 1. The lowest BCUT2D eigenvalue weighted by Gasteiger charge is -2.22. The maximum Gasteiger partial charge on any atom is 0.244 e. The van der Waals surface area contributed by atoms with Gasteiger partial charge in [-0.05, 0) is 38.0 Å².